The second kappa shape index (κ2) is 6.23. The number of carbonyl (C=O) groups is 2. The zero-order chi connectivity index (χ0) is 20.5. The maximum absolute atomic E-state index is 13.4. The summed E-state index contributed by atoms with van der Waals surface area (Å²) in [4.78, 5) is 28.2. The van der Waals surface area contributed by atoms with E-state index in [9.17, 15) is 9.59 Å². The summed E-state index contributed by atoms with van der Waals surface area (Å²) in [6.45, 7) is 0.517. The van der Waals surface area contributed by atoms with Crippen LogP contribution in [0.25, 0.3) is 0 Å². The molecule has 0 unspecified atom stereocenters. The lowest BCUT2D eigenvalue weighted by Gasteiger charge is -2.23. The van der Waals surface area contributed by atoms with Gasteiger partial charge >= 0.3 is 0 Å². The van der Waals surface area contributed by atoms with E-state index in [1.165, 1.54) is 0 Å². The minimum absolute atomic E-state index is 0.132. The van der Waals surface area contributed by atoms with Gasteiger partial charge in [0, 0.05) is 22.5 Å². The third kappa shape index (κ3) is 2.49. The SMILES string of the molecule is O=C(Nc1cccc(Cl)c1)[C@H]1[C@H]2C=C[C@@]3(CN(c4ccc5c(c4)OCO5)C(=O)[C@@H]13)O2. The van der Waals surface area contributed by atoms with Crippen molar-refractivity contribution >= 4 is 34.8 Å². The van der Waals surface area contributed by atoms with Gasteiger partial charge < -0.3 is 24.4 Å². The quantitative estimate of drug-likeness (QED) is 0.766. The summed E-state index contributed by atoms with van der Waals surface area (Å²) >= 11 is 6.02. The topological polar surface area (TPSA) is 77.1 Å². The van der Waals surface area contributed by atoms with Gasteiger partial charge in [-0.2, -0.15) is 0 Å². The molecule has 0 radical (unpaired) electrons. The third-order valence-electron chi connectivity index (χ3n) is 6.16. The highest BCUT2D eigenvalue weighted by Crippen LogP contribution is 2.53. The number of fused-ring (bicyclic) bond motifs is 2. The normalized spacial score (nSPS) is 30.1. The van der Waals surface area contributed by atoms with Gasteiger partial charge in [-0.05, 0) is 30.3 Å². The summed E-state index contributed by atoms with van der Waals surface area (Å²) < 4.78 is 17.0. The first-order chi connectivity index (χ1) is 14.5. The van der Waals surface area contributed by atoms with Gasteiger partial charge in [0.25, 0.3) is 0 Å². The summed E-state index contributed by atoms with van der Waals surface area (Å²) in [5.74, 6) is -0.325. The van der Waals surface area contributed by atoms with E-state index in [2.05, 4.69) is 5.32 Å². The van der Waals surface area contributed by atoms with Gasteiger partial charge in [0.1, 0.15) is 5.60 Å². The van der Waals surface area contributed by atoms with Crippen molar-refractivity contribution < 1.29 is 23.8 Å². The van der Waals surface area contributed by atoms with Crippen LogP contribution in [-0.4, -0.2) is 36.9 Å². The molecule has 2 amide bonds. The van der Waals surface area contributed by atoms with Crippen molar-refractivity contribution in [3.63, 3.8) is 0 Å². The summed E-state index contributed by atoms with van der Waals surface area (Å²) in [6.07, 6.45) is 3.39. The molecule has 2 saturated heterocycles. The first-order valence-corrected chi connectivity index (χ1v) is 10.1. The molecule has 1 N–H and O–H groups in total. The molecular formula is C22H17ClN2O5. The number of hydrogen-bond donors (Lipinski definition) is 1. The average molecular weight is 425 g/mol. The van der Waals surface area contributed by atoms with Crippen molar-refractivity contribution in [2.45, 2.75) is 11.7 Å². The molecule has 0 aromatic heterocycles. The van der Waals surface area contributed by atoms with E-state index in [1.807, 2.05) is 18.2 Å². The average Bonchev–Trinajstić information content (AvgIpc) is 3.48. The van der Waals surface area contributed by atoms with Crippen LogP contribution < -0.4 is 19.7 Å². The molecule has 0 saturated carbocycles. The Kier molecular flexibility index (Phi) is 3.70. The van der Waals surface area contributed by atoms with Crippen LogP contribution in [0.3, 0.4) is 0 Å². The third-order valence-corrected chi connectivity index (χ3v) is 6.40. The predicted octanol–water partition coefficient (Wildman–Crippen LogP) is 2.99. The summed E-state index contributed by atoms with van der Waals surface area (Å²) in [6, 6.07) is 12.3. The molecule has 152 valence electrons. The zero-order valence-electron chi connectivity index (χ0n) is 15.7. The number of hydrogen-bond acceptors (Lipinski definition) is 5. The first-order valence-electron chi connectivity index (χ1n) is 9.69. The molecule has 4 aliphatic heterocycles. The Labute approximate surface area is 177 Å². The van der Waals surface area contributed by atoms with E-state index >= 15 is 0 Å². The smallest absolute Gasteiger partial charge is 0.234 e. The van der Waals surface area contributed by atoms with Crippen LogP contribution in [0.2, 0.25) is 5.02 Å². The van der Waals surface area contributed by atoms with E-state index in [0.717, 1.165) is 0 Å². The number of rotatable bonds is 3. The van der Waals surface area contributed by atoms with Crippen LogP contribution in [-0.2, 0) is 14.3 Å². The van der Waals surface area contributed by atoms with Gasteiger partial charge in [0.2, 0.25) is 18.6 Å². The maximum Gasteiger partial charge on any atom is 0.234 e. The van der Waals surface area contributed by atoms with Crippen LogP contribution in [0.1, 0.15) is 0 Å². The van der Waals surface area contributed by atoms with Crippen LogP contribution in [0.4, 0.5) is 11.4 Å². The lowest BCUT2D eigenvalue weighted by molar-refractivity contribution is -0.128. The molecule has 30 heavy (non-hydrogen) atoms. The molecule has 2 bridgehead atoms. The van der Waals surface area contributed by atoms with Gasteiger partial charge in [0.15, 0.2) is 11.5 Å². The van der Waals surface area contributed by atoms with Crippen molar-refractivity contribution in [1.29, 1.82) is 0 Å². The molecule has 0 aliphatic carbocycles. The summed E-state index contributed by atoms with van der Waals surface area (Å²) in [5.41, 5.74) is 0.489. The Morgan fingerprint density at radius 1 is 1.17 bits per heavy atom. The zero-order valence-corrected chi connectivity index (χ0v) is 16.5. The van der Waals surface area contributed by atoms with Crippen LogP contribution >= 0.6 is 11.6 Å². The largest absolute Gasteiger partial charge is 0.454 e. The number of nitrogens with zero attached hydrogens (tertiary/aromatic N) is 1. The van der Waals surface area contributed by atoms with E-state index in [1.54, 1.807) is 41.3 Å². The molecule has 2 fully saturated rings. The maximum atomic E-state index is 13.4. The number of amides is 2. The van der Waals surface area contributed by atoms with Gasteiger partial charge in [-0.3, -0.25) is 9.59 Å². The number of halogens is 1. The van der Waals surface area contributed by atoms with E-state index < -0.39 is 23.5 Å². The Bertz CT molecular complexity index is 1120. The number of carbonyl (C=O) groups excluding carboxylic acids is 2. The van der Waals surface area contributed by atoms with E-state index in [4.69, 9.17) is 25.8 Å². The number of ether oxygens (including phenoxy) is 3. The summed E-state index contributed by atoms with van der Waals surface area (Å²) in [5, 5.41) is 3.41. The van der Waals surface area contributed by atoms with Crippen molar-refractivity contribution in [2.24, 2.45) is 11.8 Å². The molecule has 1 spiro atoms. The molecule has 4 atom stereocenters. The van der Waals surface area contributed by atoms with Gasteiger partial charge in [-0.15, -0.1) is 0 Å². The second-order valence-electron chi connectivity index (χ2n) is 7.86. The summed E-state index contributed by atoms with van der Waals surface area (Å²) in [7, 11) is 0. The molecular weight excluding hydrogens is 408 g/mol. The number of benzene rings is 2. The lowest BCUT2D eigenvalue weighted by Crippen LogP contribution is -2.41. The second-order valence-corrected chi connectivity index (χ2v) is 8.30. The number of nitrogens with one attached hydrogen (secondary N) is 1. The Balaban J connectivity index is 1.30. The van der Waals surface area contributed by atoms with Gasteiger partial charge in [0.05, 0.1) is 24.5 Å². The molecule has 2 aromatic carbocycles. The molecule has 4 heterocycles. The highest BCUT2D eigenvalue weighted by Gasteiger charge is 2.67. The Morgan fingerprint density at radius 3 is 2.90 bits per heavy atom. The van der Waals surface area contributed by atoms with Gasteiger partial charge in [-0.1, -0.05) is 29.8 Å². The minimum atomic E-state index is -0.797. The van der Waals surface area contributed by atoms with Crippen molar-refractivity contribution in [3.8, 4) is 11.5 Å². The predicted molar refractivity (Wildman–Crippen MR) is 109 cm³/mol. The molecule has 7 nitrogen and oxygen atoms in total. The molecule has 6 rings (SSSR count). The molecule has 2 aromatic rings. The fourth-order valence-corrected chi connectivity index (χ4v) is 5.05. The fraction of sp³-hybridized carbons (Fsp3) is 0.273. The van der Waals surface area contributed by atoms with Crippen LogP contribution in [0.5, 0.6) is 11.5 Å². The van der Waals surface area contributed by atoms with Crippen molar-refractivity contribution in [3.05, 3.63) is 59.6 Å². The number of anilines is 2. The lowest BCUT2D eigenvalue weighted by atomic mass is 9.77. The highest BCUT2D eigenvalue weighted by atomic mass is 35.5. The molecule has 4 aliphatic rings. The van der Waals surface area contributed by atoms with Crippen LogP contribution in [0.15, 0.2) is 54.6 Å². The Morgan fingerprint density at radius 2 is 2.03 bits per heavy atom. The highest BCUT2D eigenvalue weighted by molar-refractivity contribution is 6.30. The first kappa shape index (κ1) is 17.8. The fourth-order valence-electron chi connectivity index (χ4n) is 4.86. The van der Waals surface area contributed by atoms with Crippen molar-refractivity contribution in [2.75, 3.05) is 23.6 Å². The van der Waals surface area contributed by atoms with Crippen molar-refractivity contribution in [1.82, 2.24) is 0 Å². The monoisotopic (exact) mass is 424 g/mol. The van der Waals surface area contributed by atoms with E-state index in [-0.39, 0.29) is 18.6 Å². The molecule has 8 heteroatoms. The van der Waals surface area contributed by atoms with E-state index in [0.29, 0.717) is 34.4 Å². The van der Waals surface area contributed by atoms with Crippen LogP contribution in [0, 0.1) is 11.8 Å². The minimum Gasteiger partial charge on any atom is -0.454 e. The standard InChI is InChI=1S/C22H17ClN2O5/c23-12-2-1-3-13(8-12)24-20(26)18-16-6-7-22(30-16)10-25(21(27)19(18)22)14-4-5-15-17(9-14)29-11-28-15/h1-9,16,18-19H,10-11H2,(H,24,26)/t16-,18+,19-,22+/m1/s1. The Hall–Kier alpha value is -3.03. The van der Waals surface area contributed by atoms with Gasteiger partial charge in [-0.25, -0.2) is 0 Å².